The molecule has 2 aromatic carbocycles. The Balaban J connectivity index is 1.40. The van der Waals surface area contributed by atoms with Crippen molar-refractivity contribution in [2.45, 2.75) is 18.9 Å². The lowest BCUT2D eigenvalue weighted by molar-refractivity contribution is -0.126. The van der Waals surface area contributed by atoms with Gasteiger partial charge in [0.05, 0.1) is 6.54 Å². The first-order valence-corrected chi connectivity index (χ1v) is 8.76. The summed E-state index contributed by atoms with van der Waals surface area (Å²) >= 11 is 3.41. The molecule has 0 aromatic heterocycles. The van der Waals surface area contributed by atoms with E-state index in [9.17, 15) is 9.59 Å². The van der Waals surface area contributed by atoms with E-state index < -0.39 is 0 Å². The van der Waals surface area contributed by atoms with Gasteiger partial charge in [-0.15, -0.1) is 0 Å². The molecule has 124 valence electrons. The molecule has 24 heavy (non-hydrogen) atoms. The van der Waals surface area contributed by atoms with Gasteiger partial charge in [0.15, 0.2) is 0 Å². The molecule has 1 aliphatic carbocycles. The first-order chi connectivity index (χ1) is 11.6. The minimum absolute atomic E-state index is 0.0203. The normalized spacial score (nSPS) is 18.7. The Morgan fingerprint density at radius 3 is 2.42 bits per heavy atom. The van der Waals surface area contributed by atoms with Crippen LogP contribution in [0.4, 0.5) is 0 Å². The molecule has 3 rings (SSSR count). The predicted octanol–water partition coefficient (Wildman–Crippen LogP) is 2.99. The van der Waals surface area contributed by atoms with E-state index in [2.05, 4.69) is 26.6 Å². The van der Waals surface area contributed by atoms with Gasteiger partial charge in [-0.2, -0.15) is 0 Å². The highest BCUT2D eigenvalue weighted by Crippen LogP contribution is 2.47. The van der Waals surface area contributed by atoms with E-state index in [4.69, 9.17) is 0 Å². The number of amides is 2. The van der Waals surface area contributed by atoms with Gasteiger partial charge < -0.3 is 10.6 Å². The van der Waals surface area contributed by atoms with Crippen molar-refractivity contribution in [1.29, 1.82) is 0 Å². The summed E-state index contributed by atoms with van der Waals surface area (Å²) in [6, 6.07) is 17.7. The molecule has 1 fully saturated rings. The van der Waals surface area contributed by atoms with E-state index in [0.29, 0.717) is 6.54 Å². The summed E-state index contributed by atoms with van der Waals surface area (Å²) in [6.45, 7) is 0.496. The molecule has 1 saturated carbocycles. The highest BCUT2D eigenvalue weighted by molar-refractivity contribution is 9.10. The number of hydrogen-bond acceptors (Lipinski definition) is 2. The zero-order valence-electron chi connectivity index (χ0n) is 13.2. The van der Waals surface area contributed by atoms with Crippen molar-refractivity contribution >= 4 is 27.7 Å². The summed E-state index contributed by atoms with van der Waals surface area (Å²) in [7, 11) is 0. The first-order valence-electron chi connectivity index (χ1n) is 7.97. The van der Waals surface area contributed by atoms with Crippen molar-refractivity contribution in [1.82, 2.24) is 10.6 Å². The van der Waals surface area contributed by atoms with Crippen LogP contribution in [0.5, 0.6) is 0 Å². The fourth-order valence-corrected chi connectivity index (χ4v) is 2.98. The second-order valence-corrected chi connectivity index (χ2v) is 6.90. The summed E-state index contributed by atoms with van der Waals surface area (Å²) in [5.74, 6) is 0.0319. The molecular weight excluding hydrogens is 368 g/mol. The van der Waals surface area contributed by atoms with Gasteiger partial charge in [0.1, 0.15) is 0 Å². The van der Waals surface area contributed by atoms with E-state index in [1.807, 2.05) is 54.6 Å². The van der Waals surface area contributed by atoms with Crippen molar-refractivity contribution in [3.05, 3.63) is 70.2 Å². The van der Waals surface area contributed by atoms with Gasteiger partial charge in [0.25, 0.3) is 0 Å². The van der Waals surface area contributed by atoms with Crippen LogP contribution < -0.4 is 10.6 Å². The summed E-state index contributed by atoms with van der Waals surface area (Å²) in [6.07, 6.45) is 0.846. The molecule has 5 heteroatoms. The van der Waals surface area contributed by atoms with E-state index in [0.717, 1.165) is 16.5 Å². The second kappa shape index (κ2) is 7.62. The van der Waals surface area contributed by atoms with Crippen LogP contribution in [-0.2, 0) is 16.1 Å². The number of rotatable bonds is 6. The first kappa shape index (κ1) is 16.7. The van der Waals surface area contributed by atoms with Crippen molar-refractivity contribution in [2.75, 3.05) is 6.54 Å². The fourth-order valence-electron chi connectivity index (χ4n) is 2.72. The fraction of sp³-hybridized carbons (Fsp3) is 0.263. The third-order valence-corrected chi connectivity index (χ3v) is 4.71. The molecule has 2 unspecified atom stereocenters. The topological polar surface area (TPSA) is 58.2 Å². The van der Waals surface area contributed by atoms with Crippen LogP contribution in [-0.4, -0.2) is 18.4 Å². The minimum atomic E-state index is -0.173. The molecule has 0 radical (unpaired) electrons. The van der Waals surface area contributed by atoms with Gasteiger partial charge in [0.2, 0.25) is 11.8 Å². The molecule has 0 heterocycles. The number of carbonyl (C=O) groups is 2. The maximum atomic E-state index is 12.1. The molecule has 2 amide bonds. The summed E-state index contributed by atoms with van der Waals surface area (Å²) in [5.41, 5.74) is 2.21. The van der Waals surface area contributed by atoms with Crippen LogP contribution in [0.2, 0.25) is 0 Å². The number of hydrogen-bond donors (Lipinski definition) is 2. The largest absolute Gasteiger partial charge is 0.350 e. The van der Waals surface area contributed by atoms with Gasteiger partial charge in [-0.25, -0.2) is 0 Å². The third kappa shape index (κ3) is 4.45. The monoisotopic (exact) mass is 386 g/mol. The number of nitrogens with one attached hydrogen (secondary N) is 2. The highest BCUT2D eigenvalue weighted by atomic mass is 79.9. The number of halogens is 1. The summed E-state index contributed by atoms with van der Waals surface area (Å²) in [4.78, 5) is 24.0. The summed E-state index contributed by atoms with van der Waals surface area (Å²) < 4.78 is 1.03. The molecule has 0 spiro atoms. The van der Waals surface area contributed by atoms with Gasteiger partial charge in [-0.1, -0.05) is 58.4 Å². The quantitative estimate of drug-likeness (QED) is 0.801. The molecule has 0 bridgehead atoms. The Morgan fingerprint density at radius 2 is 1.71 bits per heavy atom. The average Bonchev–Trinajstić information content (AvgIpc) is 3.40. The molecular formula is C19H19BrN2O2. The van der Waals surface area contributed by atoms with Crippen molar-refractivity contribution in [3.63, 3.8) is 0 Å². The van der Waals surface area contributed by atoms with Gasteiger partial charge >= 0.3 is 0 Å². The van der Waals surface area contributed by atoms with E-state index in [-0.39, 0.29) is 30.2 Å². The Kier molecular flexibility index (Phi) is 5.30. The van der Waals surface area contributed by atoms with Crippen LogP contribution in [0, 0.1) is 5.92 Å². The van der Waals surface area contributed by atoms with Crippen LogP contribution in [0.1, 0.15) is 23.5 Å². The van der Waals surface area contributed by atoms with Gasteiger partial charge in [-0.3, -0.25) is 9.59 Å². The van der Waals surface area contributed by atoms with Crippen LogP contribution >= 0.6 is 15.9 Å². The molecule has 0 saturated heterocycles. The molecule has 2 aromatic rings. The SMILES string of the molecule is O=C(CNC(=O)C1CC1c1ccc(Br)cc1)NCc1ccccc1. The third-order valence-electron chi connectivity index (χ3n) is 4.18. The van der Waals surface area contributed by atoms with Crippen LogP contribution in [0.3, 0.4) is 0 Å². The summed E-state index contributed by atoms with van der Waals surface area (Å²) in [5, 5.41) is 5.54. The Labute approximate surface area is 149 Å². The van der Waals surface area contributed by atoms with Crippen molar-refractivity contribution in [3.8, 4) is 0 Å². The minimum Gasteiger partial charge on any atom is -0.350 e. The van der Waals surface area contributed by atoms with Crippen molar-refractivity contribution < 1.29 is 9.59 Å². The smallest absolute Gasteiger partial charge is 0.239 e. The zero-order valence-corrected chi connectivity index (χ0v) is 14.8. The highest BCUT2D eigenvalue weighted by Gasteiger charge is 2.43. The molecule has 0 aliphatic heterocycles. The van der Waals surface area contributed by atoms with Crippen molar-refractivity contribution in [2.24, 2.45) is 5.92 Å². The Hall–Kier alpha value is -2.14. The van der Waals surface area contributed by atoms with Crippen LogP contribution in [0.15, 0.2) is 59.1 Å². The molecule has 1 aliphatic rings. The molecule has 2 atom stereocenters. The van der Waals surface area contributed by atoms with Gasteiger partial charge in [0, 0.05) is 16.9 Å². The van der Waals surface area contributed by atoms with E-state index in [1.54, 1.807) is 0 Å². The Morgan fingerprint density at radius 1 is 1.00 bits per heavy atom. The van der Waals surface area contributed by atoms with Crippen LogP contribution in [0.25, 0.3) is 0 Å². The lowest BCUT2D eigenvalue weighted by Crippen LogP contribution is -2.37. The lowest BCUT2D eigenvalue weighted by atomic mass is 10.1. The second-order valence-electron chi connectivity index (χ2n) is 5.98. The zero-order chi connectivity index (χ0) is 16.9. The average molecular weight is 387 g/mol. The lowest BCUT2D eigenvalue weighted by Gasteiger charge is -2.07. The number of carbonyl (C=O) groups excluding carboxylic acids is 2. The Bertz CT molecular complexity index is 716. The van der Waals surface area contributed by atoms with E-state index >= 15 is 0 Å². The maximum Gasteiger partial charge on any atom is 0.239 e. The van der Waals surface area contributed by atoms with Gasteiger partial charge in [-0.05, 0) is 35.6 Å². The standard InChI is InChI=1S/C19H19BrN2O2/c20-15-8-6-14(7-9-15)16-10-17(16)19(24)22-12-18(23)21-11-13-4-2-1-3-5-13/h1-9,16-17H,10-12H2,(H,21,23)(H,22,24). The predicted molar refractivity (Wildman–Crippen MR) is 96.3 cm³/mol. The maximum absolute atomic E-state index is 12.1. The number of benzene rings is 2. The van der Waals surface area contributed by atoms with E-state index in [1.165, 1.54) is 5.56 Å². The molecule has 4 nitrogen and oxygen atoms in total. The molecule has 2 N–H and O–H groups in total.